The van der Waals surface area contributed by atoms with E-state index in [2.05, 4.69) is 24.3 Å². The molecule has 20 heavy (non-hydrogen) atoms. The first kappa shape index (κ1) is 14.5. The predicted molar refractivity (Wildman–Crippen MR) is 82.4 cm³/mol. The molecule has 0 saturated heterocycles. The van der Waals surface area contributed by atoms with Gasteiger partial charge in [-0.2, -0.15) is 0 Å². The van der Waals surface area contributed by atoms with Gasteiger partial charge in [-0.1, -0.05) is 54.6 Å². The van der Waals surface area contributed by atoms with E-state index >= 15 is 0 Å². The molecule has 2 aromatic rings. The molecule has 0 unspecified atom stereocenters. The molecule has 0 atom stereocenters. The maximum Gasteiger partial charge on any atom is 0.133 e. The summed E-state index contributed by atoms with van der Waals surface area (Å²) in [6.07, 6.45) is 2.91. The van der Waals surface area contributed by atoms with E-state index < -0.39 is 0 Å². The zero-order valence-electron chi connectivity index (χ0n) is 11.7. The average Bonchev–Trinajstić information content (AvgIpc) is 2.52. The van der Waals surface area contributed by atoms with E-state index in [1.54, 1.807) is 0 Å². The molecule has 2 N–H and O–H groups in total. The summed E-state index contributed by atoms with van der Waals surface area (Å²) < 4.78 is 0. The molecule has 2 rings (SSSR count). The minimum atomic E-state index is 0.330. The molecule has 0 heterocycles. The molecular formula is C18H21NO. The molecule has 0 fully saturated rings. The van der Waals surface area contributed by atoms with Crippen LogP contribution in [0, 0.1) is 0 Å². The van der Waals surface area contributed by atoms with Crippen LogP contribution in [0.4, 0.5) is 0 Å². The first-order valence-electron chi connectivity index (χ1n) is 7.11. The first-order chi connectivity index (χ1) is 9.78. The smallest absolute Gasteiger partial charge is 0.133 e. The Kier molecular flexibility index (Phi) is 5.51. The number of ketones is 1. The number of hydrogen-bond acceptors (Lipinski definition) is 2. The Morgan fingerprint density at radius 1 is 0.750 bits per heavy atom. The van der Waals surface area contributed by atoms with Gasteiger partial charge in [-0.15, -0.1) is 0 Å². The standard InChI is InChI=1S/C18H21NO/c19-14-17-8-6-16(7-9-17)11-13-18(20)12-10-15-4-2-1-3-5-15/h1-9H,10-14,19H2. The van der Waals surface area contributed by atoms with Gasteiger partial charge in [-0.3, -0.25) is 4.79 Å². The summed E-state index contributed by atoms with van der Waals surface area (Å²) in [5.41, 5.74) is 9.13. The Morgan fingerprint density at radius 2 is 1.25 bits per heavy atom. The lowest BCUT2D eigenvalue weighted by molar-refractivity contribution is -0.119. The number of Topliss-reactive ketones (excluding diaryl/α,β-unsaturated/α-hetero) is 1. The summed E-state index contributed by atoms with van der Waals surface area (Å²) in [5, 5.41) is 0. The summed E-state index contributed by atoms with van der Waals surface area (Å²) in [5.74, 6) is 0.330. The zero-order chi connectivity index (χ0) is 14.2. The van der Waals surface area contributed by atoms with Crippen molar-refractivity contribution in [2.45, 2.75) is 32.2 Å². The molecule has 0 aromatic heterocycles. The highest BCUT2D eigenvalue weighted by Crippen LogP contribution is 2.09. The molecule has 0 saturated carbocycles. The molecule has 0 radical (unpaired) electrons. The summed E-state index contributed by atoms with van der Waals surface area (Å²) in [7, 11) is 0. The highest BCUT2D eigenvalue weighted by Gasteiger charge is 2.03. The van der Waals surface area contributed by atoms with Crippen LogP contribution in [-0.4, -0.2) is 5.78 Å². The molecule has 2 heteroatoms. The van der Waals surface area contributed by atoms with Gasteiger partial charge in [0.25, 0.3) is 0 Å². The fourth-order valence-corrected chi connectivity index (χ4v) is 2.18. The summed E-state index contributed by atoms with van der Waals surface area (Å²) in [4.78, 5) is 11.9. The summed E-state index contributed by atoms with van der Waals surface area (Å²) >= 11 is 0. The zero-order valence-corrected chi connectivity index (χ0v) is 11.7. The van der Waals surface area contributed by atoms with Crippen molar-refractivity contribution < 1.29 is 4.79 Å². The van der Waals surface area contributed by atoms with Gasteiger partial charge in [0.1, 0.15) is 5.78 Å². The summed E-state index contributed by atoms with van der Waals surface area (Å²) in [6, 6.07) is 18.3. The van der Waals surface area contributed by atoms with Gasteiger partial charge in [0.05, 0.1) is 0 Å². The molecule has 2 nitrogen and oxygen atoms in total. The highest BCUT2D eigenvalue weighted by molar-refractivity contribution is 5.78. The molecule has 104 valence electrons. The van der Waals surface area contributed by atoms with E-state index in [1.165, 1.54) is 11.1 Å². The topological polar surface area (TPSA) is 43.1 Å². The maximum absolute atomic E-state index is 11.9. The van der Waals surface area contributed by atoms with Gasteiger partial charge >= 0.3 is 0 Å². The SMILES string of the molecule is NCc1ccc(CCC(=O)CCc2ccccc2)cc1. The Bertz CT molecular complexity index is 531. The van der Waals surface area contributed by atoms with E-state index in [0.717, 1.165) is 18.4 Å². The predicted octanol–water partition coefficient (Wildman–Crippen LogP) is 3.28. The van der Waals surface area contributed by atoms with E-state index in [0.29, 0.717) is 25.2 Å². The van der Waals surface area contributed by atoms with E-state index in [-0.39, 0.29) is 0 Å². The Labute approximate surface area is 120 Å². The normalized spacial score (nSPS) is 10.4. The van der Waals surface area contributed by atoms with Gasteiger partial charge in [0, 0.05) is 19.4 Å². The molecule has 0 aliphatic rings. The quantitative estimate of drug-likeness (QED) is 0.836. The second kappa shape index (κ2) is 7.61. The highest BCUT2D eigenvalue weighted by atomic mass is 16.1. The first-order valence-corrected chi connectivity index (χ1v) is 7.11. The van der Waals surface area contributed by atoms with E-state index in [4.69, 9.17) is 5.73 Å². The third-order valence-electron chi connectivity index (χ3n) is 3.49. The third-order valence-corrected chi connectivity index (χ3v) is 3.49. The minimum Gasteiger partial charge on any atom is -0.326 e. The fraction of sp³-hybridized carbons (Fsp3) is 0.278. The maximum atomic E-state index is 11.9. The lowest BCUT2D eigenvalue weighted by Crippen LogP contribution is -2.02. The fourth-order valence-electron chi connectivity index (χ4n) is 2.18. The van der Waals surface area contributed by atoms with E-state index in [1.807, 2.05) is 30.3 Å². The molecular weight excluding hydrogens is 246 g/mol. The van der Waals surface area contributed by atoms with Crippen molar-refractivity contribution in [2.24, 2.45) is 5.73 Å². The van der Waals surface area contributed by atoms with Gasteiger partial charge in [0.2, 0.25) is 0 Å². The van der Waals surface area contributed by atoms with Crippen LogP contribution in [0.2, 0.25) is 0 Å². The van der Waals surface area contributed by atoms with Gasteiger partial charge in [0.15, 0.2) is 0 Å². The number of carbonyl (C=O) groups is 1. The molecule has 0 spiro atoms. The number of carbonyl (C=O) groups excluding carboxylic acids is 1. The Hall–Kier alpha value is -1.93. The largest absolute Gasteiger partial charge is 0.326 e. The van der Waals surface area contributed by atoms with Gasteiger partial charge in [-0.05, 0) is 29.5 Å². The second-order valence-electron chi connectivity index (χ2n) is 5.04. The second-order valence-corrected chi connectivity index (χ2v) is 5.04. The number of rotatable bonds is 7. The van der Waals surface area contributed by atoms with Gasteiger partial charge < -0.3 is 5.73 Å². The number of benzene rings is 2. The van der Waals surface area contributed by atoms with Crippen molar-refractivity contribution >= 4 is 5.78 Å². The van der Waals surface area contributed by atoms with Crippen molar-refractivity contribution in [1.82, 2.24) is 0 Å². The number of hydrogen-bond donors (Lipinski definition) is 1. The third kappa shape index (κ3) is 4.63. The molecule has 2 aromatic carbocycles. The van der Waals surface area contributed by atoms with Crippen molar-refractivity contribution in [3.8, 4) is 0 Å². The molecule has 0 aliphatic heterocycles. The minimum absolute atomic E-state index is 0.330. The Morgan fingerprint density at radius 3 is 1.80 bits per heavy atom. The van der Waals surface area contributed by atoms with Crippen LogP contribution < -0.4 is 5.73 Å². The van der Waals surface area contributed by atoms with Gasteiger partial charge in [-0.25, -0.2) is 0 Å². The lowest BCUT2D eigenvalue weighted by Gasteiger charge is -2.03. The molecule has 0 bridgehead atoms. The monoisotopic (exact) mass is 267 g/mol. The van der Waals surface area contributed by atoms with Crippen LogP contribution in [0.15, 0.2) is 54.6 Å². The van der Waals surface area contributed by atoms with Crippen molar-refractivity contribution in [1.29, 1.82) is 0 Å². The Balaban J connectivity index is 1.74. The van der Waals surface area contributed by atoms with Crippen LogP contribution in [-0.2, 0) is 24.2 Å². The van der Waals surface area contributed by atoms with Crippen molar-refractivity contribution in [3.05, 3.63) is 71.3 Å². The molecule has 0 amide bonds. The summed E-state index contributed by atoms with van der Waals surface area (Å²) in [6.45, 7) is 0.566. The van der Waals surface area contributed by atoms with Crippen LogP contribution in [0.1, 0.15) is 29.5 Å². The van der Waals surface area contributed by atoms with Crippen LogP contribution in [0.5, 0.6) is 0 Å². The number of nitrogens with two attached hydrogens (primary N) is 1. The van der Waals surface area contributed by atoms with Crippen molar-refractivity contribution in [3.63, 3.8) is 0 Å². The van der Waals surface area contributed by atoms with Crippen LogP contribution in [0.25, 0.3) is 0 Å². The van der Waals surface area contributed by atoms with Crippen LogP contribution in [0.3, 0.4) is 0 Å². The van der Waals surface area contributed by atoms with E-state index in [9.17, 15) is 4.79 Å². The average molecular weight is 267 g/mol. The van der Waals surface area contributed by atoms with Crippen molar-refractivity contribution in [2.75, 3.05) is 0 Å². The molecule has 0 aliphatic carbocycles. The van der Waals surface area contributed by atoms with Crippen LogP contribution >= 0.6 is 0 Å². The number of aryl methyl sites for hydroxylation is 2. The lowest BCUT2D eigenvalue weighted by atomic mass is 10.0.